The highest BCUT2D eigenvalue weighted by Crippen LogP contribution is 2.52. The fourth-order valence-corrected chi connectivity index (χ4v) is 7.55. The quantitative estimate of drug-likeness (QED) is 0.107. The smallest absolute Gasteiger partial charge is 0.443 e. The highest BCUT2D eigenvalue weighted by Gasteiger charge is 2.63. The number of carbonyl (C=O) groups excluding carboxylic acids is 2. The summed E-state index contributed by atoms with van der Waals surface area (Å²) in [7, 11) is 0. The van der Waals surface area contributed by atoms with E-state index >= 15 is 0 Å². The molecular formula is C37H50F2N6O8S. The number of benzene rings is 1. The first-order chi connectivity index (χ1) is 25.2. The Labute approximate surface area is 317 Å². The van der Waals surface area contributed by atoms with Gasteiger partial charge in [0.15, 0.2) is 45.3 Å². The van der Waals surface area contributed by atoms with Crippen molar-refractivity contribution in [3.63, 3.8) is 0 Å². The van der Waals surface area contributed by atoms with Gasteiger partial charge < -0.3 is 28.4 Å². The number of halogens is 2. The number of rotatable bonds is 11. The van der Waals surface area contributed by atoms with Crippen molar-refractivity contribution in [2.45, 2.75) is 153 Å². The van der Waals surface area contributed by atoms with E-state index in [4.69, 9.17) is 38.4 Å². The predicted molar refractivity (Wildman–Crippen MR) is 194 cm³/mol. The molecule has 1 amide bonds. The summed E-state index contributed by atoms with van der Waals surface area (Å²) >= 11 is 1.41. The molecule has 0 N–H and O–H groups in total. The summed E-state index contributed by atoms with van der Waals surface area (Å²) in [5.41, 5.74) is -1.68. The highest BCUT2D eigenvalue weighted by atomic mass is 32.2. The molecule has 3 aliphatic rings. The van der Waals surface area contributed by atoms with Gasteiger partial charge in [-0.25, -0.2) is 28.3 Å². The maximum Gasteiger partial charge on any atom is 0.509 e. The molecule has 3 fully saturated rings. The molecule has 2 aliphatic carbocycles. The number of hydrogen-bond donors (Lipinski definition) is 0. The first-order valence-electron chi connectivity index (χ1n) is 18.3. The van der Waals surface area contributed by atoms with Crippen LogP contribution >= 0.6 is 11.8 Å². The van der Waals surface area contributed by atoms with Crippen LogP contribution in [0.15, 0.2) is 23.4 Å². The van der Waals surface area contributed by atoms with Gasteiger partial charge in [0.2, 0.25) is 0 Å². The Morgan fingerprint density at radius 2 is 1.81 bits per heavy atom. The minimum Gasteiger partial charge on any atom is -0.443 e. The van der Waals surface area contributed by atoms with E-state index in [2.05, 4.69) is 10.3 Å². The number of thioether (sulfide) groups is 1. The average molecular weight is 777 g/mol. The molecule has 1 aromatic carbocycles. The first-order valence-corrected chi connectivity index (χ1v) is 19.3. The largest absolute Gasteiger partial charge is 0.509 e. The first kappa shape index (κ1) is 40.0. The van der Waals surface area contributed by atoms with Gasteiger partial charge in [-0.1, -0.05) is 30.0 Å². The predicted octanol–water partition coefficient (Wildman–Crippen LogP) is 7.62. The van der Waals surface area contributed by atoms with E-state index in [1.807, 2.05) is 6.92 Å². The second kappa shape index (κ2) is 14.8. The van der Waals surface area contributed by atoms with Gasteiger partial charge in [-0.15, -0.1) is 5.10 Å². The fraction of sp³-hybridized carbons (Fsp3) is 0.676. The van der Waals surface area contributed by atoms with E-state index in [0.29, 0.717) is 41.4 Å². The molecule has 6 rings (SSSR count). The van der Waals surface area contributed by atoms with E-state index in [1.165, 1.54) is 22.7 Å². The molecule has 2 aromatic heterocycles. The lowest BCUT2D eigenvalue weighted by molar-refractivity contribution is -0.192. The third kappa shape index (κ3) is 8.58. The van der Waals surface area contributed by atoms with Crippen molar-refractivity contribution >= 4 is 41.0 Å². The summed E-state index contributed by atoms with van der Waals surface area (Å²) in [6, 6.07) is 3.26. The molecular weight excluding hydrogens is 727 g/mol. The molecule has 17 heteroatoms. The molecule has 14 nitrogen and oxygen atoms in total. The lowest BCUT2D eigenvalue weighted by atomic mass is 10.1. The third-order valence-corrected chi connectivity index (χ3v) is 10.0. The lowest BCUT2D eigenvalue weighted by Gasteiger charge is -2.29. The van der Waals surface area contributed by atoms with Crippen LogP contribution in [0.25, 0.3) is 11.2 Å². The van der Waals surface area contributed by atoms with Gasteiger partial charge in [0.25, 0.3) is 0 Å². The van der Waals surface area contributed by atoms with Crippen LogP contribution in [0.3, 0.4) is 0 Å². The number of nitrogens with zero attached hydrogens (tertiary/aromatic N) is 6. The van der Waals surface area contributed by atoms with Crippen LogP contribution in [0, 0.1) is 11.6 Å². The van der Waals surface area contributed by atoms with Crippen LogP contribution in [0.2, 0.25) is 0 Å². The Morgan fingerprint density at radius 3 is 2.48 bits per heavy atom. The zero-order valence-electron chi connectivity index (χ0n) is 32.5. The summed E-state index contributed by atoms with van der Waals surface area (Å²) in [4.78, 5) is 37.6. The number of fused-ring (bicyclic) bond motifs is 2. The molecule has 0 radical (unpaired) electrons. The van der Waals surface area contributed by atoms with Gasteiger partial charge in [0.1, 0.15) is 23.4 Å². The second-order valence-electron chi connectivity index (χ2n) is 16.5. The standard InChI is InChI=1S/C37H50F2N6O8S/c1-11-16-54-31-40-29(44(32(46)51-34(3,4)5)25-18-22(25)21-12-13-23(38)24(39)17-21)27-30(41-31)45(43-42-27)37-15-14-26(28(37)50-36(9,10)53-37)48-19-20(2)49-33(47)52-35(6,7)8/h12-13,17,20,22,25-26,28H,11,14-16,18-19H2,1-10H3/t20-,22+,25?,26+,28-,37+/m1/s1. The molecule has 3 aromatic rings. The van der Waals surface area contributed by atoms with Crippen molar-refractivity contribution in [1.29, 1.82) is 0 Å². The Bertz CT molecular complexity index is 1880. The second-order valence-corrected chi connectivity index (χ2v) is 17.5. The van der Waals surface area contributed by atoms with Gasteiger partial charge in [0.05, 0.1) is 12.7 Å². The Balaban J connectivity index is 1.37. The fourth-order valence-electron chi connectivity index (χ4n) is 6.86. The molecule has 1 unspecified atom stereocenters. The van der Waals surface area contributed by atoms with Crippen molar-refractivity contribution < 1.29 is 46.8 Å². The number of carbonyl (C=O) groups is 2. The molecule has 0 bridgehead atoms. The maximum atomic E-state index is 14.3. The van der Waals surface area contributed by atoms with Crippen LogP contribution in [0.5, 0.6) is 0 Å². The molecule has 3 heterocycles. The zero-order chi connectivity index (χ0) is 39.4. The molecule has 1 saturated heterocycles. The van der Waals surface area contributed by atoms with Crippen molar-refractivity contribution in [1.82, 2.24) is 25.0 Å². The van der Waals surface area contributed by atoms with E-state index in [1.54, 1.807) is 67.0 Å². The Morgan fingerprint density at radius 1 is 1.09 bits per heavy atom. The molecule has 2 saturated carbocycles. The number of ether oxygens (including phenoxy) is 6. The molecule has 0 spiro atoms. The third-order valence-electron chi connectivity index (χ3n) is 8.97. The SMILES string of the molecule is CCCSc1nc(N(C(=O)OC(C)(C)C)C2C[C@H]2c2ccc(F)c(F)c2)c2nnn([C@]34CC[C@H](OC[C@@H](C)OC(=O)OC(C)(C)C)[C@H]3OC(C)(C)O4)c2n1. The molecule has 54 heavy (non-hydrogen) atoms. The monoisotopic (exact) mass is 776 g/mol. The molecule has 6 atom stereocenters. The Hall–Kier alpha value is -3.67. The summed E-state index contributed by atoms with van der Waals surface area (Å²) in [6.07, 6.45) is -1.000. The van der Waals surface area contributed by atoms with Crippen LogP contribution in [0.4, 0.5) is 24.2 Å². The number of aromatic nitrogens is 5. The lowest BCUT2D eigenvalue weighted by Crippen LogP contribution is -2.44. The normalized spacial score (nSPS) is 25.3. The van der Waals surface area contributed by atoms with Crippen molar-refractivity contribution in [2.24, 2.45) is 0 Å². The molecule has 296 valence electrons. The van der Waals surface area contributed by atoms with E-state index in [-0.39, 0.29) is 23.9 Å². The van der Waals surface area contributed by atoms with Crippen molar-refractivity contribution in [3.05, 3.63) is 35.4 Å². The van der Waals surface area contributed by atoms with Gasteiger partial charge in [-0.05, 0) is 99.3 Å². The number of amides is 1. The van der Waals surface area contributed by atoms with Gasteiger partial charge in [-0.3, -0.25) is 4.90 Å². The van der Waals surface area contributed by atoms with Gasteiger partial charge in [0, 0.05) is 24.1 Å². The summed E-state index contributed by atoms with van der Waals surface area (Å²) in [5.74, 6) is -2.41. The summed E-state index contributed by atoms with van der Waals surface area (Å²) in [5, 5.41) is 9.53. The maximum absolute atomic E-state index is 14.3. The number of hydrogen-bond acceptors (Lipinski definition) is 13. The van der Waals surface area contributed by atoms with Crippen molar-refractivity contribution in [3.8, 4) is 0 Å². The van der Waals surface area contributed by atoms with Crippen LogP contribution in [0.1, 0.15) is 106 Å². The van der Waals surface area contributed by atoms with Gasteiger partial charge >= 0.3 is 12.2 Å². The topological polar surface area (TPSA) is 149 Å². The van der Waals surface area contributed by atoms with E-state index < -0.39 is 71.0 Å². The van der Waals surface area contributed by atoms with Crippen molar-refractivity contribution in [2.75, 3.05) is 17.3 Å². The molecule has 1 aliphatic heterocycles. The van der Waals surface area contributed by atoms with Crippen LogP contribution < -0.4 is 4.90 Å². The zero-order valence-corrected chi connectivity index (χ0v) is 33.3. The minimum atomic E-state index is -1.21. The summed E-state index contributed by atoms with van der Waals surface area (Å²) in [6.45, 7) is 18.0. The summed E-state index contributed by atoms with van der Waals surface area (Å²) < 4.78 is 65.8. The van der Waals surface area contributed by atoms with Gasteiger partial charge in [-0.2, -0.15) is 4.68 Å². The van der Waals surface area contributed by atoms with Crippen LogP contribution in [-0.4, -0.2) is 90.9 Å². The van der Waals surface area contributed by atoms with Crippen LogP contribution in [-0.2, 0) is 34.1 Å². The average Bonchev–Trinajstić information content (AvgIpc) is 3.44. The minimum absolute atomic E-state index is 0.0772. The number of anilines is 1. The highest BCUT2D eigenvalue weighted by molar-refractivity contribution is 7.99. The Kier molecular flexibility index (Phi) is 10.9. The van der Waals surface area contributed by atoms with E-state index in [0.717, 1.165) is 18.6 Å². The van der Waals surface area contributed by atoms with E-state index in [9.17, 15) is 18.4 Å².